The Morgan fingerprint density at radius 2 is 2.11 bits per heavy atom. The number of nitrogens with two attached hydrogens (primary N) is 1. The zero-order valence-corrected chi connectivity index (χ0v) is 11.3. The van der Waals surface area contributed by atoms with Crippen molar-refractivity contribution < 1.29 is 9.53 Å². The fourth-order valence-electron chi connectivity index (χ4n) is 1.17. The Morgan fingerprint density at radius 1 is 1.50 bits per heavy atom. The van der Waals surface area contributed by atoms with Crippen molar-refractivity contribution in [3.05, 3.63) is 27.7 Å². The number of rotatable bonds is 5. The van der Waals surface area contributed by atoms with Crippen LogP contribution in [0.4, 0.5) is 4.79 Å². The molecular formula is C11H13Cl2N3O2. The van der Waals surface area contributed by atoms with E-state index >= 15 is 0 Å². The molecule has 0 aliphatic rings. The van der Waals surface area contributed by atoms with E-state index in [4.69, 9.17) is 33.7 Å². The number of nitrogens with zero attached hydrogens (tertiary/aromatic N) is 1. The summed E-state index contributed by atoms with van der Waals surface area (Å²) in [5.41, 5.74) is 7.56. The average Bonchev–Trinajstić information content (AvgIpc) is 2.27. The van der Waals surface area contributed by atoms with Crippen molar-refractivity contribution in [1.29, 1.82) is 0 Å². The van der Waals surface area contributed by atoms with Gasteiger partial charge < -0.3 is 10.5 Å². The molecule has 0 aromatic heterocycles. The van der Waals surface area contributed by atoms with Crippen LogP contribution in [0.15, 0.2) is 17.2 Å². The van der Waals surface area contributed by atoms with Gasteiger partial charge in [-0.1, -0.05) is 30.1 Å². The lowest BCUT2D eigenvalue weighted by molar-refractivity contribution is 0.249. The molecule has 0 fully saturated rings. The molecule has 2 amide bonds. The lowest BCUT2D eigenvalue weighted by Gasteiger charge is -2.09. The number of carbonyl (C=O) groups is 1. The topological polar surface area (TPSA) is 76.7 Å². The van der Waals surface area contributed by atoms with Gasteiger partial charge in [-0.15, -0.1) is 0 Å². The van der Waals surface area contributed by atoms with Gasteiger partial charge in [-0.05, 0) is 24.1 Å². The molecule has 0 radical (unpaired) electrons. The van der Waals surface area contributed by atoms with Crippen molar-refractivity contribution in [2.45, 2.75) is 13.3 Å². The largest absolute Gasteiger partial charge is 0.490 e. The van der Waals surface area contributed by atoms with E-state index in [-0.39, 0.29) is 0 Å². The molecule has 0 heterocycles. The van der Waals surface area contributed by atoms with Crippen molar-refractivity contribution in [1.82, 2.24) is 5.43 Å². The number of amides is 2. The van der Waals surface area contributed by atoms with Crippen LogP contribution < -0.4 is 15.9 Å². The molecule has 1 rings (SSSR count). The van der Waals surface area contributed by atoms with Gasteiger partial charge >= 0.3 is 6.03 Å². The van der Waals surface area contributed by atoms with Crippen molar-refractivity contribution in [2.24, 2.45) is 10.8 Å². The molecule has 0 saturated carbocycles. The van der Waals surface area contributed by atoms with Crippen LogP contribution in [0, 0.1) is 0 Å². The van der Waals surface area contributed by atoms with E-state index in [1.54, 1.807) is 12.1 Å². The molecule has 18 heavy (non-hydrogen) atoms. The number of hydrogen-bond donors (Lipinski definition) is 2. The molecule has 3 N–H and O–H groups in total. The molecule has 0 saturated heterocycles. The average molecular weight is 290 g/mol. The number of urea groups is 1. The Morgan fingerprint density at radius 3 is 2.61 bits per heavy atom. The first-order valence-electron chi connectivity index (χ1n) is 5.25. The van der Waals surface area contributed by atoms with Crippen LogP contribution in [0.2, 0.25) is 10.0 Å². The quantitative estimate of drug-likeness (QED) is 0.646. The van der Waals surface area contributed by atoms with Crippen LogP contribution >= 0.6 is 23.2 Å². The molecule has 0 bridgehead atoms. The third-order valence-electron chi connectivity index (χ3n) is 1.86. The maximum absolute atomic E-state index is 10.4. The summed E-state index contributed by atoms with van der Waals surface area (Å²) in [6.45, 7) is 2.52. The van der Waals surface area contributed by atoms with Gasteiger partial charge in [0.25, 0.3) is 0 Å². The molecule has 0 atom stereocenters. The van der Waals surface area contributed by atoms with Crippen LogP contribution in [0.25, 0.3) is 0 Å². The Kier molecular flexibility index (Phi) is 5.74. The van der Waals surface area contributed by atoms with E-state index in [2.05, 4.69) is 10.5 Å². The Balaban J connectivity index is 2.85. The minimum Gasteiger partial charge on any atom is -0.490 e. The zero-order valence-electron chi connectivity index (χ0n) is 9.74. The van der Waals surface area contributed by atoms with Gasteiger partial charge in [-0.3, -0.25) is 0 Å². The second-order valence-electron chi connectivity index (χ2n) is 3.40. The van der Waals surface area contributed by atoms with Gasteiger partial charge in [0, 0.05) is 0 Å². The smallest absolute Gasteiger partial charge is 0.332 e. The molecule has 1 aromatic carbocycles. The highest BCUT2D eigenvalue weighted by molar-refractivity contribution is 6.37. The highest BCUT2D eigenvalue weighted by Crippen LogP contribution is 2.33. The monoisotopic (exact) mass is 289 g/mol. The number of benzene rings is 1. The van der Waals surface area contributed by atoms with Crippen LogP contribution in [-0.2, 0) is 0 Å². The highest BCUT2D eigenvalue weighted by atomic mass is 35.5. The third-order valence-corrected chi connectivity index (χ3v) is 2.42. The number of hydrazone groups is 1. The van der Waals surface area contributed by atoms with Crippen molar-refractivity contribution in [2.75, 3.05) is 6.61 Å². The first kappa shape index (κ1) is 14.6. The normalized spacial score (nSPS) is 10.6. The Bertz CT molecular complexity index is 441. The van der Waals surface area contributed by atoms with Gasteiger partial charge in [0.05, 0.1) is 22.9 Å². The second-order valence-corrected chi connectivity index (χ2v) is 4.21. The molecule has 5 nitrogen and oxygen atoms in total. The number of nitrogens with one attached hydrogen (secondary N) is 1. The van der Waals surface area contributed by atoms with E-state index in [9.17, 15) is 4.79 Å². The van der Waals surface area contributed by atoms with Gasteiger partial charge in [0.1, 0.15) is 0 Å². The van der Waals surface area contributed by atoms with Gasteiger partial charge in [0.2, 0.25) is 0 Å². The number of hydrogen-bond acceptors (Lipinski definition) is 3. The van der Waals surface area contributed by atoms with Crippen LogP contribution in [-0.4, -0.2) is 18.9 Å². The van der Waals surface area contributed by atoms with E-state index in [0.29, 0.717) is 28.0 Å². The number of primary amides is 1. The Hall–Kier alpha value is -1.46. The summed E-state index contributed by atoms with van der Waals surface area (Å²) in [7, 11) is 0. The zero-order chi connectivity index (χ0) is 13.5. The summed E-state index contributed by atoms with van der Waals surface area (Å²) in [6.07, 6.45) is 2.24. The number of carbonyl (C=O) groups excluding carboxylic acids is 1. The molecule has 98 valence electrons. The fourth-order valence-corrected chi connectivity index (χ4v) is 1.78. The van der Waals surface area contributed by atoms with Gasteiger partial charge in [-0.2, -0.15) is 5.10 Å². The standard InChI is InChI=1S/C11H13Cl2N3O2/c1-2-3-18-10-8(12)4-7(5-9(10)13)6-15-16-11(14)17/h4-6H,2-3H2,1H3,(H3,14,16,17)/b15-6-. The van der Waals surface area contributed by atoms with Gasteiger partial charge in [-0.25, -0.2) is 10.2 Å². The van der Waals surface area contributed by atoms with E-state index in [0.717, 1.165) is 6.42 Å². The first-order chi connectivity index (χ1) is 8.54. The van der Waals surface area contributed by atoms with Crippen molar-refractivity contribution >= 4 is 35.4 Å². The molecule has 7 heteroatoms. The Labute approximate surface area is 115 Å². The summed E-state index contributed by atoms with van der Waals surface area (Å²) >= 11 is 12.1. The summed E-state index contributed by atoms with van der Waals surface area (Å²) in [6, 6.07) is 2.52. The highest BCUT2D eigenvalue weighted by Gasteiger charge is 2.08. The molecule has 0 aliphatic carbocycles. The molecule has 0 spiro atoms. The molecular weight excluding hydrogens is 277 g/mol. The first-order valence-corrected chi connectivity index (χ1v) is 6.00. The maximum atomic E-state index is 10.4. The summed E-state index contributed by atoms with van der Waals surface area (Å²) in [5.74, 6) is 0.445. The fraction of sp³-hybridized carbons (Fsp3) is 0.273. The summed E-state index contributed by atoms with van der Waals surface area (Å²) < 4.78 is 5.42. The second kappa shape index (κ2) is 7.08. The third kappa shape index (κ3) is 4.43. The van der Waals surface area contributed by atoms with Crippen LogP contribution in [0.5, 0.6) is 5.75 Å². The van der Waals surface area contributed by atoms with Crippen LogP contribution in [0.3, 0.4) is 0 Å². The van der Waals surface area contributed by atoms with E-state index < -0.39 is 6.03 Å². The van der Waals surface area contributed by atoms with E-state index in [1.807, 2.05) is 6.92 Å². The van der Waals surface area contributed by atoms with Crippen LogP contribution in [0.1, 0.15) is 18.9 Å². The minimum absolute atomic E-state index is 0.386. The number of halogens is 2. The summed E-state index contributed by atoms with van der Waals surface area (Å²) in [4.78, 5) is 10.4. The van der Waals surface area contributed by atoms with E-state index in [1.165, 1.54) is 6.21 Å². The summed E-state index contributed by atoms with van der Waals surface area (Å²) in [5, 5.41) is 4.38. The predicted octanol–water partition coefficient (Wildman–Crippen LogP) is 2.78. The molecule has 0 aliphatic heterocycles. The predicted molar refractivity (Wildman–Crippen MR) is 72.6 cm³/mol. The molecule has 0 unspecified atom stereocenters. The minimum atomic E-state index is -0.744. The van der Waals surface area contributed by atoms with Gasteiger partial charge in [0.15, 0.2) is 5.75 Å². The molecule has 1 aromatic rings. The maximum Gasteiger partial charge on any atom is 0.332 e. The lowest BCUT2D eigenvalue weighted by Crippen LogP contribution is -2.24. The van der Waals surface area contributed by atoms with Crippen molar-refractivity contribution in [3.8, 4) is 5.75 Å². The lowest BCUT2D eigenvalue weighted by atomic mass is 10.2. The SMILES string of the molecule is CCCOc1c(Cl)cc(/C=N\NC(N)=O)cc1Cl. The van der Waals surface area contributed by atoms with Crippen molar-refractivity contribution in [3.63, 3.8) is 0 Å². The number of ether oxygens (including phenoxy) is 1.